The zero-order chi connectivity index (χ0) is 10.2. The number of nitrogens with zero attached hydrogens (tertiary/aromatic N) is 1. The number of amides is 1. The van der Waals surface area contributed by atoms with Crippen molar-refractivity contribution in [1.29, 1.82) is 0 Å². The van der Waals surface area contributed by atoms with Crippen molar-refractivity contribution in [2.24, 2.45) is 0 Å². The van der Waals surface area contributed by atoms with Gasteiger partial charge in [-0.3, -0.25) is 9.89 Å². The number of nitrogens with one attached hydrogen (secondary N) is 2. The van der Waals surface area contributed by atoms with Crippen LogP contribution in [0.4, 0.5) is 0 Å². The SMILES string of the molecule is O=C(CCCCCl)NCc1ccn[nH]1. The summed E-state index contributed by atoms with van der Waals surface area (Å²) >= 11 is 5.50. The molecule has 0 aliphatic rings. The van der Waals surface area contributed by atoms with Gasteiger partial charge in [-0.1, -0.05) is 0 Å². The molecule has 1 aromatic heterocycles. The number of carbonyl (C=O) groups is 1. The lowest BCUT2D eigenvalue weighted by molar-refractivity contribution is -0.121. The molecule has 2 N–H and O–H groups in total. The van der Waals surface area contributed by atoms with Gasteiger partial charge in [-0.05, 0) is 18.9 Å². The van der Waals surface area contributed by atoms with Crippen LogP contribution in [0.25, 0.3) is 0 Å². The zero-order valence-electron chi connectivity index (χ0n) is 7.92. The third-order valence-corrected chi connectivity index (χ3v) is 2.09. The maximum atomic E-state index is 11.2. The molecule has 0 bridgehead atoms. The lowest BCUT2D eigenvalue weighted by Gasteiger charge is -2.02. The average molecular weight is 216 g/mol. The molecule has 78 valence electrons. The normalized spacial score (nSPS) is 10.1. The Morgan fingerprint density at radius 3 is 3.07 bits per heavy atom. The molecule has 0 saturated carbocycles. The van der Waals surface area contributed by atoms with Crippen molar-refractivity contribution in [2.45, 2.75) is 25.8 Å². The summed E-state index contributed by atoms with van der Waals surface area (Å²) in [5, 5.41) is 9.35. The molecule has 0 spiro atoms. The van der Waals surface area contributed by atoms with Crippen LogP contribution in [0.5, 0.6) is 0 Å². The summed E-state index contributed by atoms with van der Waals surface area (Å²) in [7, 11) is 0. The van der Waals surface area contributed by atoms with Crippen LogP contribution in [0.15, 0.2) is 12.3 Å². The highest BCUT2D eigenvalue weighted by molar-refractivity contribution is 6.17. The van der Waals surface area contributed by atoms with Crippen LogP contribution in [0.1, 0.15) is 25.0 Å². The minimum Gasteiger partial charge on any atom is -0.350 e. The second-order valence-electron chi connectivity index (χ2n) is 3.00. The van der Waals surface area contributed by atoms with Crippen LogP contribution in [0.2, 0.25) is 0 Å². The molecule has 1 amide bonds. The second-order valence-corrected chi connectivity index (χ2v) is 3.38. The second kappa shape index (κ2) is 6.43. The van der Waals surface area contributed by atoms with E-state index in [1.165, 1.54) is 0 Å². The van der Waals surface area contributed by atoms with E-state index in [1.807, 2.05) is 6.07 Å². The molecule has 5 heteroatoms. The Bertz CT molecular complexity index is 261. The Morgan fingerprint density at radius 1 is 1.57 bits per heavy atom. The number of H-pyrrole nitrogens is 1. The molecular weight excluding hydrogens is 202 g/mol. The molecule has 1 aromatic rings. The minimum absolute atomic E-state index is 0.0599. The van der Waals surface area contributed by atoms with Gasteiger partial charge in [-0.25, -0.2) is 0 Å². The molecule has 1 heterocycles. The number of rotatable bonds is 6. The van der Waals surface area contributed by atoms with Crippen LogP contribution in [0, 0.1) is 0 Å². The molecule has 4 nitrogen and oxygen atoms in total. The van der Waals surface area contributed by atoms with Crippen molar-refractivity contribution >= 4 is 17.5 Å². The Morgan fingerprint density at radius 2 is 2.43 bits per heavy atom. The standard InChI is InChI=1S/C9H14ClN3O/c10-5-2-1-3-9(14)11-7-8-4-6-12-13-8/h4,6H,1-3,5,7H2,(H,11,14)(H,12,13). The smallest absolute Gasteiger partial charge is 0.220 e. The summed E-state index contributed by atoms with van der Waals surface area (Å²) in [6, 6.07) is 1.83. The molecular formula is C9H14ClN3O. The quantitative estimate of drug-likeness (QED) is 0.557. The number of halogens is 1. The van der Waals surface area contributed by atoms with E-state index in [-0.39, 0.29) is 5.91 Å². The molecule has 0 radical (unpaired) electrons. The number of alkyl halides is 1. The largest absolute Gasteiger partial charge is 0.350 e. The first-order valence-corrected chi connectivity index (χ1v) is 5.17. The monoisotopic (exact) mass is 215 g/mol. The lowest BCUT2D eigenvalue weighted by atomic mass is 10.2. The van der Waals surface area contributed by atoms with Gasteiger partial charge in [0, 0.05) is 18.5 Å². The fourth-order valence-corrected chi connectivity index (χ4v) is 1.23. The first-order valence-electron chi connectivity index (χ1n) is 4.64. The highest BCUT2D eigenvalue weighted by Crippen LogP contribution is 1.97. The van der Waals surface area contributed by atoms with E-state index in [4.69, 9.17) is 11.6 Å². The summed E-state index contributed by atoms with van der Waals surface area (Å²) in [4.78, 5) is 11.2. The number of hydrogen-bond acceptors (Lipinski definition) is 2. The van der Waals surface area contributed by atoms with E-state index in [9.17, 15) is 4.79 Å². The Labute approximate surface area is 88.0 Å². The minimum atomic E-state index is 0.0599. The number of hydrogen-bond donors (Lipinski definition) is 2. The maximum absolute atomic E-state index is 11.2. The van der Waals surface area contributed by atoms with Crippen LogP contribution in [0.3, 0.4) is 0 Å². The van der Waals surface area contributed by atoms with Crippen molar-refractivity contribution in [3.05, 3.63) is 18.0 Å². The molecule has 0 saturated heterocycles. The highest BCUT2D eigenvalue weighted by Gasteiger charge is 2.00. The van der Waals surface area contributed by atoms with Crippen LogP contribution < -0.4 is 5.32 Å². The molecule has 0 atom stereocenters. The zero-order valence-corrected chi connectivity index (χ0v) is 8.68. The number of unbranched alkanes of at least 4 members (excludes halogenated alkanes) is 1. The summed E-state index contributed by atoms with van der Waals surface area (Å²) in [5.41, 5.74) is 0.913. The van der Waals surface area contributed by atoms with E-state index in [0.29, 0.717) is 18.8 Å². The van der Waals surface area contributed by atoms with Crippen LogP contribution in [-0.4, -0.2) is 22.0 Å². The molecule has 0 aliphatic carbocycles. The number of aromatic amines is 1. The molecule has 0 fully saturated rings. The number of aromatic nitrogens is 2. The van der Waals surface area contributed by atoms with Crippen molar-refractivity contribution in [3.8, 4) is 0 Å². The maximum Gasteiger partial charge on any atom is 0.220 e. The van der Waals surface area contributed by atoms with Gasteiger partial charge in [0.05, 0.1) is 12.2 Å². The van der Waals surface area contributed by atoms with Gasteiger partial charge in [0.1, 0.15) is 0 Å². The average Bonchev–Trinajstić information content (AvgIpc) is 2.68. The molecule has 0 aromatic carbocycles. The molecule has 0 unspecified atom stereocenters. The van der Waals surface area contributed by atoms with Crippen LogP contribution >= 0.6 is 11.6 Å². The Hall–Kier alpha value is -1.03. The predicted octanol–water partition coefficient (Wildman–Crippen LogP) is 1.43. The highest BCUT2D eigenvalue weighted by atomic mass is 35.5. The van der Waals surface area contributed by atoms with Crippen LogP contribution in [-0.2, 0) is 11.3 Å². The summed E-state index contributed by atoms with van der Waals surface area (Å²) in [6.07, 6.45) is 3.94. The number of carbonyl (C=O) groups excluding carboxylic acids is 1. The van der Waals surface area contributed by atoms with Crippen molar-refractivity contribution in [2.75, 3.05) is 5.88 Å². The first-order chi connectivity index (χ1) is 6.83. The Kier molecular flexibility index (Phi) is 5.07. The van der Waals surface area contributed by atoms with Gasteiger partial charge in [-0.15, -0.1) is 11.6 Å². The van der Waals surface area contributed by atoms with Gasteiger partial charge in [0.15, 0.2) is 0 Å². The van der Waals surface area contributed by atoms with Gasteiger partial charge in [0.25, 0.3) is 0 Å². The summed E-state index contributed by atoms with van der Waals surface area (Å²) in [5.74, 6) is 0.679. The summed E-state index contributed by atoms with van der Waals surface area (Å²) in [6.45, 7) is 0.514. The Balaban J connectivity index is 2.09. The molecule has 1 rings (SSSR count). The van der Waals surface area contributed by atoms with E-state index < -0.39 is 0 Å². The summed E-state index contributed by atoms with van der Waals surface area (Å²) < 4.78 is 0. The third-order valence-electron chi connectivity index (χ3n) is 1.82. The first kappa shape index (κ1) is 11.0. The van der Waals surface area contributed by atoms with E-state index in [1.54, 1.807) is 6.20 Å². The fourth-order valence-electron chi connectivity index (χ4n) is 1.05. The van der Waals surface area contributed by atoms with Crippen molar-refractivity contribution in [1.82, 2.24) is 15.5 Å². The molecule has 14 heavy (non-hydrogen) atoms. The predicted molar refractivity (Wildman–Crippen MR) is 55.0 cm³/mol. The van der Waals surface area contributed by atoms with Gasteiger partial charge >= 0.3 is 0 Å². The lowest BCUT2D eigenvalue weighted by Crippen LogP contribution is -2.22. The molecule has 0 aliphatic heterocycles. The van der Waals surface area contributed by atoms with Crippen molar-refractivity contribution in [3.63, 3.8) is 0 Å². The van der Waals surface area contributed by atoms with E-state index in [0.717, 1.165) is 18.5 Å². The van der Waals surface area contributed by atoms with Gasteiger partial charge < -0.3 is 5.32 Å². The third kappa shape index (κ3) is 4.28. The van der Waals surface area contributed by atoms with Gasteiger partial charge in [-0.2, -0.15) is 5.10 Å². The van der Waals surface area contributed by atoms with Gasteiger partial charge in [0.2, 0.25) is 5.91 Å². The topological polar surface area (TPSA) is 57.8 Å². The van der Waals surface area contributed by atoms with E-state index >= 15 is 0 Å². The van der Waals surface area contributed by atoms with Crippen molar-refractivity contribution < 1.29 is 4.79 Å². The fraction of sp³-hybridized carbons (Fsp3) is 0.556. The van der Waals surface area contributed by atoms with E-state index in [2.05, 4.69) is 15.5 Å².